The first-order chi connectivity index (χ1) is 12.0. The second kappa shape index (κ2) is 7.11. The summed E-state index contributed by atoms with van der Waals surface area (Å²) in [4.78, 5) is 2.33. The van der Waals surface area contributed by atoms with Crippen LogP contribution in [0.15, 0.2) is 43.0 Å². The molecule has 0 amide bonds. The SMILES string of the molecule is C=C(c1ccc(C)cc1C)N1CCC(c2ccc(C#N)c(F)c2)CC1. The van der Waals surface area contributed by atoms with Crippen molar-refractivity contribution >= 4 is 5.70 Å². The van der Waals surface area contributed by atoms with Gasteiger partial charge in [-0.3, -0.25) is 0 Å². The molecule has 0 saturated carbocycles. The van der Waals surface area contributed by atoms with Gasteiger partial charge in [0.1, 0.15) is 11.9 Å². The van der Waals surface area contributed by atoms with Crippen LogP contribution in [-0.2, 0) is 0 Å². The van der Waals surface area contributed by atoms with Crippen molar-refractivity contribution in [1.82, 2.24) is 4.90 Å². The average Bonchev–Trinajstić information content (AvgIpc) is 2.61. The van der Waals surface area contributed by atoms with Gasteiger partial charge < -0.3 is 4.90 Å². The van der Waals surface area contributed by atoms with Gasteiger partial charge in [-0.2, -0.15) is 5.26 Å². The second-order valence-corrected chi connectivity index (χ2v) is 6.88. The maximum absolute atomic E-state index is 13.9. The lowest BCUT2D eigenvalue weighted by molar-refractivity contribution is 0.299. The zero-order valence-corrected chi connectivity index (χ0v) is 14.8. The molecule has 2 aromatic carbocycles. The molecule has 1 aliphatic heterocycles. The zero-order chi connectivity index (χ0) is 18.0. The molecule has 2 nitrogen and oxygen atoms in total. The summed E-state index contributed by atoms with van der Waals surface area (Å²) in [6, 6.07) is 13.3. The van der Waals surface area contributed by atoms with E-state index in [1.807, 2.05) is 12.1 Å². The van der Waals surface area contributed by atoms with Crippen LogP contribution in [0.4, 0.5) is 4.39 Å². The average molecular weight is 334 g/mol. The fourth-order valence-corrected chi connectivity index (χ4v) is 3.67. The second-order valence-electron chi connectivity index (χ2n) is 6.88. The standard InChI is InChI=1S/C22H23FN2/c1-15-4-7-21(16(2)12-15)17(3)25-10-8-18(9-11-25)19-5-6-20(14-24)22(23)13-19/h4-7,12-13,18H,3,8-11H2,1-2H3. The van der Waals surface area contributed by atoms with Crippen molar-refractivity contribution in [2.24, 2.45) is 0 Å². The van der Waals surface area contributed by atoms with Crippen molar-refractivity contribution in [3.8, 4) is 6.07 Å². The third-order valence-electron chi connectivity index (χ3n) is 5.15. The van der Waals surface area contributed by atoms with E-state index in [4.69, 9.17) is 5.26 Å². The highest BCUT2D eigenvalue weighted by Crippen LogP contribution is 2.32. The quantitative estimate of drug-likeness (QED) is 0.775. The van der Waals surface area contributed by atoms with Gasteiger partial charge >= 0.3 is 0 Å². The fraction of sp³-hybridized carbons (Fsp3) is 0.318. The summed E-state index contributed by atoms with van der Waals surface area (Å²) in [5.41, 5.74) is 5.89. The van der Waals surface area contributed by atoms with Crippen LogP contribution in [0.25, 0.3) is 5.70 Å². The Bertz CT molecular complexity index is 840. The predicted octanol–water partition coefficient (Wildman–Crippen LogP) is 5.16. The summed E-state index contributed by atoms with van der Waals surface area (Å²) in [6.07, 6.45) is 1.94. The third-order valence-corrected chi connectivity index (χ3v) is 5.15. The maximum Gasteiger partial charge on any atom is 0.141 e. The van der Waals surface area contributed by atoms with Crippen LogP contribution < -0.4 is 0 Å². The number of hydrogen-bond donors (Lipinski definition) is 0. The van der Waals surface area contributed by atoms with Gasteiger partial charge in [0, 0.05) is 24.4 Å². The molecular weight excluding hydrogens is 311 g/mol. The molecule has 0 spiro atoms. The molecule has 0 bridgehead atoms. The first-order valence-corrected chi connectivity index (χ1v) is 8.70. The summed E-state index contributed by atoms with van der Waals surface area (Å²) in [6.45, 7) is 10.4. The highest BCUT2D eigenvalue weighted by Gasteiger charge is 2.23. The lowest BCUT2D eigenvalue weighted by Crippen LogP contribution is -2.31. The number of hydrogen-bond acceptors (Lipinski definition) is 2. The fourth-order valence-electron chi connectivity index (χ4n) is 3.67. The molecule has 0 unspecified atom stereocenters. The molecule has 128 valence electrons. The van der Waals surface area contributed by atoms with Gasteiger partial charge in [0.05, 0.1) is 5.56 Å². The van der Waals surface area contributed by atoms with Gasteiger partial charge in [-0.05, 0) is 55.9 Å². The highest BCUT2D eigenvalue weighted by molar-refractivity contribution is 5.65. The van der Waals surface area contributed by atoms with E-state index in [1.165, 1.54) is 22.8 Å². The molecule has 2 aromatic rings. The highest BCUT2D eigenvalue weighted by atomic mass is 19.1. The normalized spacial score (nSPS) is 15.0. The van der Waals surface area contributed by atoms with E-state index in [0.29, 0.717) is 5.92 Å². The third kappa shape index (κ3) is 3.58. The van der Waals surface area contributed by atoms with E-state index < -0.39 is 5.82 Å². The van der Waals surface area contributed by atoms with Crippen LogP contribution in [0.2, 0.25) is 0 Å². The Morgan fingerprint density at radius 3 is 2.48 bits per heavy atom. The Kier molecular flexibility index (Phi) is 4.90. The monoisotopic (exact) mass is 334 g/mol. The van der Waals surface area contributed by atoms with E-state index in [0.717, 1.165) is 37.2 Å². The number of halogens is 1. The Morgan fingerprint density at radius 1 is 1.16 bits per heavy atom. The van der Waals surface area contributed by atoms with Crippen LogP contribution in [0, 0.1) is 31.0 Å². The van der Waals surface area contributed by atoms with Crippen molar-refractivity contribution < 1.29 is 4.39 Å². The first-order valence-electron chi connectivity index (χ1n) is 8.70. The van der Waals surface area contributed by atoms with Gasteiger partial charge in [-0.15, -0.1) is 0 Å². The number of aryl methyl sites for hydroxylation is 2. The molecule has 3 rings (SSSR count). The number of benzene rings is 2. The predicted molar refractivity (Wildman–Crippen MR) is 99.6 cm³/mol. The molecule has 0 aliphatic carbocycles. The molecular formula is C22H23FN2. The number of likely N-dealkylation sites (tertiary alicyclic amines) is 1. The van der Waals surface area contributed by atoms with Gasteiger partial charge in [0.25, 0.3) is 0 Å². The molecule has 0 atom stereocenters. The number of piperidine rings is 1. The van der Waals surface area contributed by atoms with E-state index in [-0.39, 0.29) is 5.56 Å². The van der Waals surface area contributed by atoms with Gasteiger partial charge in [0.2, 0.25) is 0 Å². The Morgan fingerprint density at radius 2 is 1.88 bits per heavy atom. The van der Waals surface area contributed by atoms with E-state index in [9.17, 15) is 4.39 Å². The van der Waals surface area contributed by atoms with Crippen LogP contribution >= 0.6 is 0 Å². The largest absolute Gasteiger partial charge is 0.371 e. The minimum absolute atomic E-state index is 0.115. The zero-order valence-electron chi connectivity index (χ0n) is 14.8. The van der Waals surface area contributed by atoms with Crippen molar-refractivity contribution in [2.75, 3.05) is 13.1 Å². The molecule has 1 saturated heterocycles. The van der Waals surface area contributed by atoms with E-state index in [1.54, 1.807) is 6.07 Å². The van der Waals surface area contributed by atoms with Gasteiger partial charge in [0.15, 0.2) is 0 Å². The van der Waals surface area contributed by atoms with Crippen LogP contribution in [0.1, 0.15) is 46.6 Å². The van der Waals surface area contributed by atoms with Crippen LogP contribution in [-0.4, -0.2) is 18.0 Å². The smallest absolute Gasteiger partial charge is 0.141 e. The number of nitrogens with zero attached hydrogens (tertiary/aromatic N) is 2. The molecule has 0 radical (unpaired) electrons. The Balaban J connectivity index is 1.68. The lowest BCUT2D eigenvalue weighted by Gasteiger charge is -2.35. The van der Waals surface area contributed by atoms with E-state index in [2.05, 4.69) is 43.5 Å². The van der Waals surface area contributed by atoms with Crippen LogP contribution in [0.5, 0.6) is 0 Å². The van der Waals surface area contributed by atoms with Crippen molar-refractivity contribution in [1.29, 1.82) is 5.26 Å². The summed E-state index contributed by atoms with van der Waals surface area (Å²) in [5.74, 6) is -0.0764. The Labute approximate surface area is 149 Å². The first kappa shape index (κ1) is 17.2. The van der Waals surface area contributed by atoms with Crippen molar-refractivity contribution in [3.63, 3.8) is 0 Å². The van der Waals surface area contributed by atoms with Crippen LogP contribution in [0.3, 0.4) is 0 Å². The van der Waals surface area contributed by atoms with Crippen molar-refractivity contribution in [2.45, 2.75) is 32.6 Å². The van der Waals surface area contributed by atoms with E-state index >= 15 is 0 Å². The van der Waals surface area contributed by atoms with Crippen molar-refractivity contribution in [3.05, 3.63) is 76.6 Å². The summed E-state index contributed by atoms with van der Waals surface area (Å²) >= 11 is 0. The minimum atomic E-state index is -0.415. The number of nitriles is 1. The molecule has 0 aromatic heterocycles. The number of rotatable bonds is 3. The summed E-state index contributed by atoms with van der Waals surface area (Å²) in [5, 5.41) is 8.86. The molecule has 1 fully saturated rings. The topological polar surface area (TPSA) is 27.0 Å². The summed E-state index contributed by atoms with van der Waals surface area (Å²) < 4.78 is 13.9. The molecule has 1 aliphatic rings. The molecule has 25 heavy (non-hydrogen) atoms. The lowest BCUT2D eigenvalue weighted by atomic mass is 9.88. The van der Waals surface area contributed by atoms with Gasteiger partial charge in [-0.25, -0.2) is 4.39 Å². The molecule has 0 N–H and O–H groups in total. The minimum Gasteiger partial charge on any atom is -0.371 e. The maximum atomic E-state index is 13.9. The molecule has 3 heteroatoms. The van der Waals surface area contributed by atoms with Gasteiger partial charge in [-0.1, -0.05) is 36.4 Å². The summed E-state index contributed by atoms with van der Waals surface area (Å²) in [7, 11) is 0. The molecule has 1 heterocycles. The Hall–Kier alpha value is -2.60.